The highest BCUT2D eigenvalue weighted by molar-refractivity contribution is 5.89. The van der Waals surface area contributed by atoms with E-state index in [9.17, 15) is 9.90 Å². The van der Waals surface area contributed by atoms with E-state index in [-0.39, 0.29) is 22.2 Å². The second kappa shape index (κ2) is 4.52. The van der Waals surface area contributed by atoms with Gasteiger partial charge in [-0.05, 0) is 29.3 Å². The van der Waals surface area contributed by atoms with E-state index >= 15 is 0 Å². The smallest absolute Gasteiger partial charge is 0.258 e. The third-order valence-electron chi connectivity index (χ3n) is 3.08. The average Bonchev–Trinajstić information content (AvgIpc) is 2.48. The monoisotopic (exact) mass is 263 g/mol. The summed E-state index contributed by atoms with van der Waals surface area (Å²) in [7, 11) is 0. The summed E-state index contributed by atoms with van der Waals surface area (Å²) in [5.74, 6) is -0.0867. The molecule has 2 N–H and O–H groups in total. The van der Waals surface area contributed by atoms with Crippen LogP contribution in [0, 0.1) is 11.3 Å². The molecule has 0 bridgehead atoms. The van der Waals surface area contributed by atoms with Gasteiger partial charge in [-0.1, -0.05) is 18.2 Å². The summed E-state index contributed by atoms with van der Waals surface area (Å²) in [4.78, 5) is 18.2. The van der Waals surface area contributed by atoms with Crippen LogP contribution in [-0.2, 0) is 0 Å². The van der Waals surface area contributed by atoms with Crippen LogP contribution in [0.25, 0.3) is 22.0 Å². The van der Waals surface area contributed by atoms with Crippen LogP contribution in [0.15, 0.2) is 47.5 Å². The lowest BCUT2D eigenvalue weighted by atomic mass is 9.99. The molecular formula is C15H9N3O2. The van der Waals surface area contributed by atoms with E-state index in [1.807, 2.05) is 0 Å². The molecule has 2 aromatic carbocycles. The van der Waals surface area contributed by atoms with Gasteiger partial charge >= 0.3 is 0 Å². The van der Waals surface area contributed by atoms with Crippen molar-refractivity contribution < 1.29 is 5.11 Å². The minimum Gasteiger partial charge on any atom is -0.506 e. The van der Waals surface area contributed by atoms with E-state index in [0.717, 1.165) is 0 Å². The summed E-state index contributed by atoms with van der Waals surface area (Å²) in [5, 5.41) is 19.4. The van der Waals surface area contributed by atoms with Gasteiger partial charge in [-0.25, -0.2) is 4.98 Å². The molecule has 0 spiro atoms. The van der Waals surface area contributed by atoms with Gasteiger partial charge in [0.25, 0.3) is 5.56 Å². The van der Waals surface area contributed by atoms with Gasteiger partial charge in [-0.15, -0.1) is 0 Å². The van der Waals surface area contributed by atoms with E-state index in [1.165, 1.54) is 12.4 Å². The van der Waals surface area contributed by atoms with Crippen molar-refractivity contribution in [2.45, 2.75) is 0 Å². The van der Waals surface area contributed by atoms with Gasteiger partial charge < -0.3 is 10.1 Å². The topological polar surface area (TPSA) is 89.8 Å². The Kier molecular flexibility index (Phi) is 2.70. The fourth-order valence-electron chi connectivity index (χ4n) is 2.15. The number of rotatable bonds is 1. The van der Waals surface area contributed by atoms with E-state index in [0.29, 0.717) is 16.7 Å². The van der Waals surface area contributed by atoms with Crippen LogP contribution < -0.4 is 5.56 Å². The van der Waals surface area contributed by atoms with E-state index in [2.05, 4.69) is 16.0 Å². The first kappa shape index (κ1) is 11.9. The molecule has 0 unspecified atom stereocenters. The number of nitrogens with zero attached hydrogens (tertiary/aromatic N) is 2. The molecule has 1 aromatic heterocycles. The predicted octanol–water partition coefficient (Wildman–Crippen LogP) is 2.17. The second-order valence-corrected chi connectivity index (χ2v) is 4.28. The van der Waals surface area contributed by atoms with Crippen molar-refractivity contribution in [1.82, 2.24) is 9.97 Å². The van der Waals surface area contributed by atoms with Crippen molar-refractivity contribution in [2.75, 3.05) is 0 Å². The SMILES string of the molecule is N#Cc1ccccc1-c1cc(O)c2nc[nH]c(=O)c2c1. The molecule has 20 heavy (non-hydrogen) atoms. The fraction of sp³-hybridized carbons (Fsp3) is 0. The molecular weight excluding hydrogens is 254 g/mol. The highest BCUT2D eigenvalue weighted by Gasteiger charge is 2.10. The first-order chi connectivity index (χ1) is 9.70. The Balaban J connectivity index is 2.37. The summed E-state index contributed by atoms with van der Waals surface area (Å²) >= 11 is 0. The predicted molar refractivity (Wildman–Crippen MR) is 74.2 cm³/mol. The van der Waals surface area contributed by atoms with E-state index < -0.39 is 0 Å². The minimum absolute atomic E-state index is 0.0867. The van der Waals surface area contributed by atoms with Crippen LogP contribution in [0.2, 0.25) is 0 Å². The summed E-state index contributed by atoms with van der Waals surface area (Å²) < 4.78 is 0. The molecule has 0 aliphatic heterocycles. The summed E-state index contributed by atoms with van der Waals surface area (Å²) in [6, 6.07) is 12.2. The maximum atomic E-state index is 11.8. The lowest BCUT2D eigenvalue weighted by Gasteiger charge is -2.06. The number of phenolic OH excluding ortho intramolecular Hbond substituents is 1. The number of aromatic hydroxyl groups is 1. The number of hydrogen-bond acceptors (Lipinski definition) is 4. The Hall–Kier alpha value is -3.13. The van der Waals surface area contributed by atoms with Crippen molar-refractivity contribution in [3.8, 4) is 22.9 Å². The molecule has 0 saturated heterocycles. The standard InChI is InChI=1S/C15H9N3O2/c16-7-9-3-1-2-4-11(9)10-5-12-14(13(19)6-10)17-8-18-15(12)20/h1-6,8,19H,(H,17,18,20). The van der Waals surface area contributed by atoms with Gasteiger partial charge in [0.05, 0.1) is 23.3 Å². The quantitative estimate of drug-likeness (QED) is 0.704. The summed E-state index contributed by atoms with van der Waals surface area (Å²) in [5.41, 5.74) is 1.65. The Morgan fingerprint density at radius 1 is 1.25 bits per heavy atom. The molecule has 3 rings (SSSR count). The maximum absolute atomic E-state index is 11.8. The number of aromatic amines is 1. The van der Waals surface area contributed by atoms with Gasteiger partial charge in [0.15, 0.2) is 0 Å². The lowest BCUT2D eigenvalue weighted by Crippen LogP contribution is -2.06. The van der Waals surface area contributed by atoms with Gasteiger partial charge in [0, 0.05) is 0 Å². The highest BCUT2D eigenvalue weighted by Crippen LogP contribution is 2.30. The molecule has 0 saturated carbocycles. The molecule has 96 valence electrons. The molecule has 0 amide bonds. The maximum Gasteiger partial charge on any atom is 0.258 e. The van der Waals surface area contributed by atoms with Gasteiger partial charge in [0.1, 0.15) is 11.3 Å². The molecule has 0 aliphatic rings. The Bertz CT molecular complexity index is 907. The fourth-order valence-corrected chi connectivity index (χ4v) is 2.15. The molecule has 0 atom stereocenters. The van der Waals surface area contributed by atoms with Crippen LogP contribution >= 0.6 is 0 Å². The normalized spacial score (nSPS) is 10.3. The summed E-state index contributed by atoms with van der Waals surface area (Å²) in [6.45, 7) is 0. The molecule has 5 nitrogen and oxygen atoms in total. The second-order valence-electron chi connectivity index (χ2n) is 4.28. The third kappa shape index (κ3) is 1.80. The van der Waals surface area contributed by atoms with E-state index in [1.54, 1.807) is 30.3 Å². The van der Waals surface area contributed by atoms with Crippen LogP contribution in [0.1, 0.15) is 5.56 Å². The van der Waals surface area contributed by atoms with Crippen molar-refractivity contribution in [2.24, 2.45) is 0 Å². The zero-order valence-electron chi connectivity index (χ0n) is 10.3. The van der Waals surface area contributed by atoms with Crippen LogP contribution in [0.3, 0.4) is 0 Å². The van der Waals surface area contributed by atoms with Crippen LogP contribution in [-0.4, -0.2) is 15.1 Å². The Labute approximate surface area is 113 Å². The molecule has 0 fully saturated rings. The largest absolute Gasteiger partial charge is 0.506 e. The van der Waals surface area contributed by atoms with E-state index in [4.69, 9.17) is 5.26 Å². The van der Waals surface area contributed by atoms with Crippen LogP contribution in [0.4, 0.5) is 0 Å². The van der Waals surface area contributed by atoms with Gasteiger partial charge in [-0.3, -0.25) is 4.79 Å². The van der Waals surface area contributed by atoms with Gasteiger partial charge in [0.2, 0.25) is 0 Å². The first-order valence-electron chi connectivity index (χ1n) is 5.90. The number of fused-ring (bicyclic) bond motifs is 1. The minimum atomic E-state index is -0.332. The summed E-state index contributed by atoms with van der Waals surface area (Å²) in [6.07, 6.45) is 1.24. The first-order valence-corrected chi connectivity index (χ1v) is 5.90. The Morgan fingerprint density at radius 2 is 2.05 bits per heavy atom. The number of hydrogen-bond donors (Lipinski definition) is 2. The van der Waals surface area contributed by atoms with Crippen LogP contribution in [0.5, 0.6) is 5.75 Å². The Morgan fingerprint density at radius 3 is 2.85 bits per heavy atom. The van der Waals surface area contributed by atoms with Gasteiger partial charge in [-0.2, -0.15) is 5.26 Å². The number of aromatic nitrogens is 2. The molecule has 1 heterocycles. The van der Waals surface area contributed by atoms with Crippen molar-refractivity contribution in [3.63, 3.8) is 0 Å². The lowest BCUT2D eigenvalue weighted by molar-refractivity contribution is 0.480. The third-order valence-corrected chi connectivity index (χ3v) is 3.08. The average molecular weight is 263 g/mol. The van der Waals surface area contributed by atoms with Crippen molar-refractivity contribution in [3.05, 3.63) is 58.6 Å². The number of phenols is 1. The number of nitrogens with one attached hydrogen (secondary N) is 1. The molecule has 3 aromatic rings. The molecule has 0 radical (unpaired) electrons. The number of benzene rings is 2. The number of H-pyrrole nitrogens is 1. The number of nitriles is 1. The van der Waals surface area contributed by atoms with Crippen molar-refractivity contribution in [1.29, 1.82) is 5.26 Å². The molecule has 0 aliphatic carbocycles. The zero-order chi connectivity index (χ0) is 14.1. The highest BCUT2D eigenvalue weighted by atomic mass is 16.3. The van der Waals surface area contributed by atoms with Crippen molar-refractivity contribution >= 4 is 10.9 Å². The zero-order valence-corrected chi connectivity index (χ0v) is 10.3. The molecule has 5 heteroatoms.